The summed E-state index contributed by atoms with van der Waals surface area (Å²) in [6, 6.07) is 2.36. The van der Waals surface area contributed by atoms with Crippen molar-refractivity contribution < 1.29 is 22.7 Å². The van der Waals surface area contributed by atoms with Gasteiger partial charge in [0.25, 0.3) is 6.43 Å². The van der Waals surface area contributed by atoms with Crippen LogP contribution in [0.2, 0.25) is 0 Å². The Bertz CT molecular complexity index is 401. The molecule has 0 radical (unpaired) electrons. The fraction of sp³-hybridized carbons (Fsp3) is 0.200. The maximum absolute atomic E-state index is 12.3. The normalized spacial score (nSPS) is 11.7. The second-order valence-corrected chi connectivity index (χ2v) is 2.79. The summed E-state index contributed by atoms with van der Waals surface area (Å²) in [4.78, 5) is 14.5. The van der Waals surface area contributed by atoms with Gasteiger partial charge in [0, 0.05) is 6.20 Å². The molecule has 6 heteroatoms. The van der Waals surface area contributed by atoms with Crippen LogP contribution in [0, 0.1) is 0 Å². The van der Waals surface area contributed by atoms with Crippen molar-refractivity contribution in [2.45, 2.75) is 6.43 Å². The Morgan fingerprint density at radius 2 is 2.19 bits per heavy atom. The van der Waals surface area contributed by atoms with Crippen molar-refractivity contribution in [3.05, 3.63) is 35.9 Å². The van der Waals surface area contributed by atoms with Crippen molar-refractivity contribution in [3.8, 4) is 0 Å². The van der Waals surface area contributed by atoms with E-state index >= 15 is 0 Å². The van der Waals surface area contributed by atoms with Crippen molar-refractivity contribution in [2.24, 2.45) is 0 Å². The molecule has 1 aromatic heterocycles. The average Bonchev–Trinajstić information content (AvgIpc) is 2.29. The van der Waals surface area contributed by atoms with Gasteiger partial charge >= 0.3 is 5.97 Å². The van der Waals surface area contributed by atoms with E-state index in [1.165, 1.54) is 13.2 Å². The molecular formula is C10H8F3NO2. The zero-order chi connectivity index (χ0) is 12.1. The average molecular weight is 231 g/mol. The number of alkyl halides is 2. The molecule has 0 spiro atoms. The summed E-state index contributed by atoms with van der Waals surface area (Å²) in [6.07, 6.45) is -2.11. The van der Waals surface area contributed by atoms with Crippen molar-refractivity contribution in [3.63, 3.8) is 0 Å². The number of pyridine rings is 1. The molecule has 0 saturated carbocycles. The highest BCUT2D eigenvalue weighted by Gasteiger charge is 2.16. The Labute approximate surface area is 89.6 Å². The predicted octanol–water partition coefficient (Wildman–Crippen LogP) is 2.44. The maximum atomic E-state index is 12.3. The Kier molecular flexibility index (Phi) is 4.04. The molecule has 0 atom stereocenters. The van der Waals surface area contributed by atoms with E-state index in [1.807, 2.05) is 0 Å². The van der Waals surface area contributed by atoms with E-state index in [2.05, 4.69) is 9.72 Å². The number of aromatic nitrogens is 1. The van der Waals surface area contributed by atoms with E-state index in [0.717, 1.165) is 12.3 Å². The molecule has 0 aliphatic rings. The van der Waals surface area contributed by atoms with Gasteiger partial charge in [-0.3, -0.25) is 4.98 Å². The number of methoxy groups -OCH3 is 1. The van der Waals surface area contributed by atoms with E-state index in [9.17, 15) is 18.0 Å². The number of halogens is 3. The minimum atomic E-state index is -2.96. The number of rotatable bonds is 3. The quantitative estimate of drug-likeness (QED) is 0.750. The summed E-state index contributed by atoms with van der Waals surface area (Å²) in [5.74, 6) is -0.637. The summed E-state index contributed by atoms with van der Waals surface area (Å²) in [6.45, 7) is 0. The third-order valence-electron chi connectivity index (χ3n) is 1.83. The number of nitrogens with zero attached hydrogens (tertiary/aromatic N) is 1. The molecule has 3 nitrogen and oxygen atoms in total. The minimum absolute atomic E-state index is 0.110. The third kappa shape index (κ3) is 2.59. The van der Waals surface area contributed by atoms with Crippen molar-refractivity contribution in [1.29, 1.82) is 0 Å². The van der Waals surface area contributed by atoms with Crippen LogP contribution in [-0.4, -0.2) is 24.5 Å². The number of ether oxygens (including phenoxy) is 1. The summed E-state index contributed by atoms with van der Waals surface area (Å²) < 4.78 is 41.1. The van der Waals surface area contributed by atoms with Crippen LogP contribution in [-0.2, 0) is 4.74 Å². The Hall–Kier alpha value is -1.85. The van der Waals surface area contributed by atoms with Gasteiger partial charge in [-0.2, -0.15) is 0 Å². The number of esters is 1. The monoisotopic (exact) mass is 231 g/mol. The zero-order valence-electron chi connectivity index (χ0n) is 8.28. The van der Waals surface area contributed by atoms with Gasteiger partial charge in [-0.1, -0.05) is 0 Å². The summed E-state index contributed by atoms with van der Waals surface area (Å²) in [5, 5.41) is 0. The molecule has 0 saturated heterocycles. The molecule has 0 N–H and O–H groups in total. The predicted molar refractivity (Wildman–Crippen MR) is 50.7 cm³/mol. The zero-order valence-corrected chi connectivity index (χ0v) is 8.28. The first-order valence-electron chi connectivity index (χ1n) is 4.23. The first-order chi connectivity index (χ1) is 7.60. The Morgan fingerprint density at radius 1 is 1.50 bits per heavy atom. The van der Waals surface area contributed by atoms with Crippen molar-refractivity contribution in [1.82, 2.24) is 4.98 Å². The Morgan fingerprint density at radius 3 is 2.56 bits per heavy atom. The lowest BCUT2D eigenvalue weighted by Gasteiger charge is -2.04. The summed E-state index contributed by atoms with van der Waals surface area (Å²) in [5.41, 5.74) is -0.930. The lowest BCUT2D eigenvalue weighted by atomic mass is 10.1. The van der Waals surface area contributed by atoms with E-state index in [0.29, 0.717) is 0 Å². The molecule has 1 rings (SSSR count). The Balaban J connectivity index is 2.99. The van der Waals surface area contributed by atoms with Crippen LogP contribution >= 0.6 is 0 Å². The topological polar surface area (TPSA) is 39.2 Å². The molecular weight excluding hydrogens is 223 g/mol. The number of carbonyl (C=O) groups excluding carboxylic acids is 1. The molecule has 0 aliphatic carbocycles. The molecule has 16 heavy (non-hydrogen) atoms. The molecule has 0 fully saturated rings. The van der Waals surface area contributed by atoms with Crippen LogP contribution < -0.4 is 0 Å². The molecule has 86 valence electrons. The van der Waals surface area contributed by atoms with E-state index in [4.69, 9.17) is 0 Å². The summed E-state index contributed by atoms with van der Waals surface area (Å²) in [7, 11) is 1.18. The second-order valence-electron chi connectivity index (χ2n) is 2.79. The highest BCUT2D eigenvalue weighted by Crippen LogP contribution is 2.20. The molecule has 1 heterocycles. The molecule has 0 amide bonds. The first kappa shape index (κ1) is 12.2. The lowest BCUT2D eigenvalue weighted by Crippen LogP contribution is -2.04. The van der Waals surface area contributed by atoms with Crippen molar-refractivity contribution >= 4 is 11.5 Å². The number of hydrogen-bond donors (Lipinski definition) is 0. The fourth-order valence-electron chi connectivity index (χ4n) is 1.02. The molecule has 0 aromatic carbocycles. The van der Waals surface area contributed by atoms with E-state index in [1.54, 1.807) is 0 Å². The van der Waals surface area contributed by atoms with E-state index in [-0.39, 0.29) is 17.6 Å². The van der Waals surface area contributed by atoms with Crippen LogP contribution in [0.4, 0.5) is 13.2 Å². The third-order valence-corrected chi connectivity index (χ3v) is 1.83. The highest BCUT2D eigenvalue weighted by molar-refractivity contribution is 5.89. The highest BCUT2D eigenvalue weighted by atomic mass is 19.3. The standard InChI is InChI=1S/C10H8F3NO2/c1-16-10(15)6-2-3-8(14-5-6)7(4-11)9(12)13/h2-5,9H,1H3. The van der Waals surface area contributed by atoms with E-state index < -0.39 is 18.0 Å². The van der Waals surface area contributed by atoms with Gasteiger partial charge in [0.15, 0.2) is 0 Å². The van der Waals surface area contributed by atoms with Crippen LogP contribution in [0.25, 0.3) is 5.57 Å². The van der Waals surface area contributed by atoms with Gasteiger partial charge in [-0.05, 0) is 12.1 Å². The number of hydrogen-bond acceptors (Lipinski definition) is 3. The van der Waals surface area contributed by atoms with Crippen LogP contribution in [0.15, 0.2) is 24.7 Å². The van der Waals surface area contributed by atoms with Crippen LogP contribution in [0.5, 0.6) is 0 Å². The fourth-order valence-corrected chi connectivity index (χ4v) is 1.02. The molecule has 1 aromatic rings. The number of allylic oxidation sites excluding steroid dienone is 1. The largest absolute Gasteiger partial charge is 0.465 e. The number of carbonyl (C=O) groups is 1. The maximum Gasteiger partial charge on any atom is 0.339 e. The van der Waals surface area contributed by atoms with Crippen molar-refractivity contribution in [2.75, 3.05) is 7.11 Å². The summed E-state index contributed by atoms with van der Waals surface area (Å²) >= 11 is 0. The minimum Gasteiger partial charge on any atom is -0.465 e. The van der Waals surface area contributed by atoms with Gasteiger partial charge in [0.2, 0.25) is 0 Å². The van der Waals surface area contributed by atoms with Gasteiger partial charge in [0.1, 0.15) is 0 Å². The van der Waals surface area contributed by atoms with Gasteiger partial charge in [0.05, 0.1) is 30.3 Å². The SMILES string of the molecule is COC(=O)c1ccc(C(=CF)C(F)F)nc1. The lowest BCUT2D eigenvalue weighted by molar-refractivity contribution is 0.0600. The van der Waals surface area contributed by atoms with Gasteiger partial charge in [-0.25, -0.2) is 18.0 Å². The van der Waals surface area contributed by atoms with Gasteiger partial charge in [-0.15, -0.1) is 0 Å². The molecule has 0 unspecified atom stereocenters. The second kappa shape index (κ2) is 5.29. The van der Waals surface area contributed by atoms with Gasteiger partial charge < -0.3 is 4.74 Å². The smallest absolute Gasteiger partial charge is 0.339 e. The molecule has 0 aliphatic heterocycles. The van der Waals surface area contributed by atoms with Crippen LogP contribution in [0.3, 0.4) is 0 Å². The molecule has 0 bridgehead atoms. The first-order valence-corrected chi connectivity index (χ1v) is 4.23. The van der Waals surface area contributed by atoms with Crippen LogP contribution in [0.1, 0.15) is 16.1 Å².